The van der Waals surface area contributed by atoms with Crippen LogP contribution in [0.1, 0.15) is 36.8 Å². The molecule has 1 atom stereocenters. The molecule has 12 heteroatoms. The number of carbonyl (C=O) groups is 2. The van der Waals surface area contributed by atoms with Crippen molar-refractivity contribution in [3.05, 3.63) is 128 Å². The van der Waals surface area contributed by atoms with E-state index < -0.39 is 28.5 Å². The average Bonchev–Trinajstić information content (AvgIpc) is 3.56. The molecule has 2 amide bonds. The molecule has 1 aliphatic rings. The Morgan fingerprint density at radius 3 is 2.00 bits per heavy atom. The van der Waals surface area contributed by atoms with E-state index in [-0.39, 0.29) is 50.6 Å². The van der Waals surface area contributed by atoms with Gasteiger partial charge < -0.3 is 10.2 Å². The van der Waals surface area contributed by atoms with Gasteiger partial charge in [-0.2, -0.15) is 0 Å². The van der Waals surface area contributed by atoms with Crippen LogP contribution in [0, 0.1) is 0 Å². The second-order valence-electron chi connectivity index (χ2n) is 11.4. The maximum absolute atomic E-state index is 14.6. The number of sulfonamides is 1. The maximum Gasteiger partial charge on any atom is 0.264 e. The molecule has 246 valence electrons. The van der Waals surface area contributed by atoms with Crippen LogP contribution in [0.4, 0.5) is 5.69 Å². The first kappa shape index (κ1) is 35.0. The van der Waals surface area contributed by atoms with Crippen LogP contribution in [0.25, 0.3) is 0 Å². The molecule has 4 aromatic carbocycles. The highest BCUT2D eigenvalue weighted by Gasteiger charge is 2.35. The lowest BCUT2D eigenvalue weighted by atomic mass is 10.0. The molecule has 1 saturated carbocycles. The predicted octanol–water partition coefficient (Wildman–Crippen LogP) is 8.19. The van der Waals surface area contributed by atoms with Crippen molar-refractivity contribution in [3.63, 3.8) is 0 Å². The molecule has 0 radical (unpaired) electrons. The monoisotopic (exact) mass is 731 g/mol. The topological polar surface area (TPSA) is 86.8 Å². The molecule has 0 aromatic heterocycles. The summed E-state index contributed by atoms with van der Waals surface area (Å²) in [6.45, 7) is -0.682. The normalized spacial score (nSPS) is 14.0. The van der Waals surface area contributed by atoms with Crippen molar-refractivity contribution >= 4 is 73.9 Å². The van der Waals surface area contributed by atoms with Crippen LogP contribution in [0.2, 0.25) is 20.1 Å². The fourth-order valence-corrected chi connectivity index (χ4v) is 7.94. The number of halogens is 4. The van der Waals surface area contributed by atoms with E-state index in [4.69, 9.17) is 46.4 Å². The number of rotatable bonds is 12. The van der Waals surface area contributed by atoms with Crippen molar-refractivity contribution in [1.82, 2.24) is 10.2 Å². The van der Waals surface area contributed by atoms with Crippen LogP contribution >= 0.6 is 46.4 Å². The van der Waals surface area contributed by atoms with Gasteiger partial charge >= 0.3 is 0 Å². The number of hydrogen-bond donors (Lipinski definition) is 1. The Bertz CT molecular complexity index is 1800. The summed E-state index contributed by atoms with van der Waals surface area (Å²) >= 11 is 25.2. The van der Waals surface area contributed by atoms with E-state index in [1.54, 1.807) is 36.4 Å². The summed E-state index contributed by atoms with van der Waals surface area (Å²) in [4.78, 5) is 30.1. The molecular weight excluding hydrogens is 700 g/mol. The van der Waals surface area contributed by atoms with E-state index in [1.807, 2.05) is 30.3 Å². The molecule has 47 heavy (non-hydrogen) atoms. The van der Waals surface area contributed by atoms with E-state index in [0.717, 1.165) is 35.6 Å². The van der Waals surface area contributed by atoms with Gasteiger partial charge in [-0.05, 0) is 66.4 Å². The van der Waals surface area contributed by atoms with Crippen molar-refractivity contribution in [3.8, 4) is 0 Å². The van der Waals surface area contributed by atoms with Crippen molar-refractivity contribution in [2.24, 2.45) is 0 Å². The molecule has 0 bridgehead atoms. The quantitative estimate of drug-likeness (QED) is 0.159. The number of anilines is 1. The first-order valence-corrected chi connectivity index (χ1v) is 18.1. The number of amides is 2. The smallest absolute Gasteiger partial charge is 0.264 e. The average molecular weight is 734 g/mol. The molecule has 0 heterocycles. The number of hydrogen-bond acceptors (Lipinski definition) is 4. The molecule has 0 saturated heterocycles. The maximum atomic E-state index is 14.6. The molecule has 7 nitrogen and oxygen atoms in total. The Balaban J connectivity index is 1.59. The lowest BCUT2D eigenvalue weighted by Gasteiger charge is -2.34. The fourth-order valence-electron chi connectivity index (χ4n) is 5.69. The van der Waals surface area contributed by atoms with Gasteiger partial charge in [0.2, 0.25) is 11.8 Å². The van der Waals surface area contributed by atoms with Crippen LogP contribution in [-0.2, 0) is 32.6 Å². The Kier molecular flexibility index (Phi) is 11.7. The summed E-state index contributed by atoms with van der Waals surface area (Å²) in [6.07, 6.45) is 3.91. The number of benzene rings is 4. The van der Waals surface area contributed by atoms with Crippen molar-refractivity contribution in [1.29, 1.82) is 0 Å². The van der Waals surface area contributed by atoms with E-state index in [2.05, 4.69) is 5.32 Å². The molecular formula is C35H33Cl4N3O4S. The molecule has 0 unspecified atom stereocenters. The number of nitrogens with zero attached hydrogens (tertiary/aromatic N) is 2. The minimum absolute atomic E-state index is 0.00809. The van der Waals surface area contributed by atoms with Crippen molar-refractivity contribution < 1.29 is 18.0 Å². The summed E-state index contributed by atoms with van der Waals surface area (Å²) in [5, 5.41) is 4.16. The molecule has 4 aromatic rings. The number of carbonyl (C=O) groups excluding carboxylic acids is 2. The van der Waals surface area contributed by atoms with Crippen LogP contribution in [0.15, 0.2) is 102 Å². The van der Waals surface area contributed by atoms with E-state index in [1.165, 1.54) is 35.2 Å². The van der Waals surface area contributed by atoms with Gasteiger partial charge in [0.1, 0.15) is 12.6 Å². The first-order valence-electron chi connectivity index (χ1n) is 15.1. The lowest BCUT2D eigenvalue weighted by Crippen LogP contribution is -2.54. The van der Waals surface area contributed by atoms with Crippen LogP contribution in [0.3, 0.4) is 0 Å². The van der Waals surface area contributed by atoms with Crippen LogP contribution in [0.5, 0.6) is 0 Å². The molecule has 1 aliphatic carbocycles. The van der Waals surface area contributed by atoms with Crippen LogP contribution < -0.4 is 9.62 Å². The van der Waals surface area contributed by atoms with Gasteiger partial charge in [0.05, 0.1) is 20.6 Å². The highest BCUT2D eigenvalue weighted by molar-refractivity contribution is 7.92. The van der Waals surface area contributed by atoms with Gasteiger partial charge in [-0.3, -0.25) is 13.9 Å². The molecule has 0 aliphatic heterocycles. The van der Waals surface area contributed by atoms with Gasteiger partial charge in [0.15, 0.2) is 0 Å². The summed E-state index contributed by atoms with van der Waals surface area (Å²) in [5.74, 6) is -0.938. The fraction of sp³-hybridized carbons (Fsp3) is 0.257. The Morgan fingerprint density at radius 1 is 0.766 bits per heavy atom. The van der Waals surface area contributed by atoms with Gasteiger partial charge in [0, 0.05) is 29.1 Å². The third-order valence-corrected chi connectivity index (χ3v) is 11.0. The SMILES string of the molecule is O=C(NC1CCCC1)[C@@H](Cc1ccccc1)N(Cc1ccc(Cl)c(Cl)c1)C(=O)CN(c1cc(Cl)cc(Cl)c1)S(=O)(=O)c1ccccc1. The Hall–Kier alpha value is -3.27. The largest absolute Gasteiger partial charge is 0.352 e. The molecule has 1 N–H and O–H groups in total. The van der Waals surface area contributed by atoms with Gasteiger partial charge in [-0.1, -0.05) is 114 Å². The minimum Gasteiger partial charge on any atom is -0.352 e. The molecule has 5 rings (SSSR count). The first-order chi connectivity index (χ1) is 22.5. The Morgan fingerprint density at radius 2 is 1.38 bits per heavy atom. The predicted molar refractivity (Wildman–Crippen MR) is 189 cm³/mol. The number of nitrogens with one attached hydrogen (secondary N) is 1. The van der Waals surface area contributed by atoms with Crippen molar-refractivity contribution in [2.75, 3.05) is 10.8 Å². The van der Waals surface area contributed by atoms with Crippen molar-refractivity contribution in [2.45, 2.75) is 55.6 Å². The van der Waals surface area contributed by atoms with Gasteiger partial charge in [-0.15, -0.1) is 0 Å². The molecule has 0 spiro atoms. The summed E-state index contributed by atoms with van der Waals surface area (Å²) in [5.41, 5.74) is 1.55. The summed E-state index contributed by atoms with van der Waals surface area (Å²) in [7, 11) is -4.30. The van der Waals surface area contributed by atoms with E-state index in [9.17, 15) is 18.0 Å². The van der Waals surface area contributed by atoms with Gasteiger partial charge in [-0.25, -0.2) is 8.42 Å². The second kappa shape index (κ2) is 15.8. The highest BCUT2D eigenvalue weighted by Crippen LogP contribution is 2.31. The minimum atomic E-state index is -4.30. The van der Waals surface area contributed by atoms with Gasteiger partial charge in [0.25, 0.3) is 10.0 Å². The lowest BCUT2D eigenvalue weighted by molar-refractivity contribution is -0.140. The van der Waals surface area contributed by atoms with E-state index >= 15 is 0 Å². The summed E-state index contributed by atoms with van der Waals surface area (Å²) in [6, 6.07) is 25.5. The Labute approximate surface area is 295 Å². The van der Waals surface area contributed by atoms with Crippen LogP contribution in [-0.4, -0.2) is 43.8 Å². The summed E-state index contributed by atoms with van der Waals surface area (Å²) < 4.78 is 29.2. The highest BCUT2D eigenvalue weighted by atomic mass is 35.5. The molecule has 1 fully saturated rings. The zero-order valence-electron chi connectivity index (χ0n) is 25.3. The standard InChI is InChI=1S/C35H33Cl4N3O4S/c36-26-19-27(37)21-29(20-26)42(47(45,46)30-13-5-2-6-14-30)23-34(43)41(22-25-15-16-31(38)32(39)17-25)33(18-24-9-3-1-4-10-24)35(44)40-28-11-7-8-12-28/h1-6,9-10,13-17,19-21,28,33H,7-8,11-12,18,22-23H2,(H,40,44)/t33-/m1/s1. The zero-order valence-corrected chi connectivity index (χ0v) is 29.1. The third-order valence-electron chi connectivity index (χ3n) is 8.05. The second-order valence-corrected chi connectivity index (χ2v) is 15.0. The zero-order chi connectivity index (χ0) is 33.6. The third kappa shape index (κ3) is 9.00. The van der Waals surface area contributed by atoms with E-state index in [0.29, 0.717) is 10.6 Å².